The number of fused-ring (bicyclic) bond motifs is 1. The standard InChI is InChI=1S/C13H12Br2N4S/c14-8-1-2-10(11(15)5-8)12(18-16)6-9-7-19-3-4-20-13(19)17-9/h1-5,7,12,18H,6,16H2. The Morgan fingerprint density at radius 1 is 1.40 bits per heavy atom. The first-order chi connectivity index (χ1) is 9.67. The number of halogens is 2. The largest absolute Gasteiger partial charge is 0.297 e. The van der Waals surface area contributed by atoms with E-state index in [2.05, 4.69) is 48.3 Å². The zero-order chi connectivity index (χ0) is 14.1. The van der Waals surface area contributed by atoms with Crippen LogP contribution in [0.5, 0.6) is 0 Å². The second-order valence-electron chi connectivity index (χ2n) is 4.41. The molecule has 0 saturated carbocycles. The third-order valence-electron chi connectivity index (χ3n) is 3.10. The fraction of sp³-hybridized carbons (Fsp3) is 0.154. The van der Waals surface area contributed by atoms with Crippen molar-refractivity contribution in [1.29, 1.82) is 0 Å². The first kappa shape index (κ1) is 14.2. The third kappa shape index (κ3) is 2.82. The van der Waals surface area contributed by atoms with Crippen LogP contribution >= 0.6 is 43.2 Å². The first-order valence-corrected chi connectivity index (χ1v) is 8.46. The summed E-state index contributed by atoms with van der Waals surface area (Å²) in [5, 5.41) is 2.02. The Hall–Kier alpha value is -0.730. The van der Waals surface area contributed by atoms with Gasteiger partial charge in [0.25, 0.3) is 0 Å². The van der Waals surface area contributed by atoms with Crippen molar-refractivity contribution >= 4 is 48.2 Å². The molecular weight excluding hydrogens is 404 g/mol. The molecule has 20 heavy (non-hydrogen) atoms. The topological polar surface area (TPSA) is 55.3 Å². The van der Waals surface area contributed by atoms with E-state index in [1.807, 2.05) is 34.3 Å². The summed E-state index contributed by atoms with van der Waals surface area (Å²) >= 11 is 8.66. The van der Waals surface area contributed by atoms with Crippen molar-refractivity contribution in [2.24, 2.45) is 5.84 Å². The SMILES string of the molecule is NNC(Cc1cn2ccsc2n1)c1ccc(Br)cc1Br. The number of thiazole rings is 1. The molecule has 4 nitrogen and oxygen atoms in total. The Bertz CT molecular complexity index is 708. The van der Waals surface area contributed by atoms with Gasteiger partial charge in [0, 0.05) is 33.1 Å². The summed E-state index contributed by atoms with van der Waals surface area (Å²) in [5.74, 6) is 5.71. The Labute approximate surface area is 137 Å². The number of hydrazine groups is 1. The van der Waals surface area contributed by atoms with Gasteiger partial charge in [0.1, 0.15) is 0 Å². The Balaban J connectivity index is 1.88. The lowest BCUT2D eigenvalue weighted by Crippen LogP contribution is -2.30. The second kappa shape index (κ2) is 5.95. The van der Waals surface area contributed by atoms with Gasteiger partial charge in [-0.15, -0.1) is 11.3 Å². The zero-order valence-corrected chi connectivity index (χ0v) is 14.4. The minimum Gasteiger partial charge on any atom is -0.297 e. The van der Waals surface area contributed by atoms with Crippen LogP contribution in [0.15, 0.2) is 44.9 Å². The first-order valence-electron chi connectivity index (χ1n) is 5.99. The molecular formula is C13H12Br2N4S. The molecule has 3 rings (SSSR count). The van der Waals surface area contributed by atoms with Gasteiger partial charge in [-0.3, -0.25) is 15.7 Å². The quantitative estimate of drug-likeness (QED) is 0.504. The molecule has 0 aliphatic rings. The minimum absolute atomic E-state index is 0.0158. The lowest BCUT2D eigenvalue weighted by molar-refractivity contribution is 0.545. The molecule has 0 fully saturated rings. The normalized spacial score (nSPS) is 12.9. The summed E-state index contributed by atoms with van der Waals surface area (Å²) in [6.07, 6.45) is 4.80. The van der Waals surface area contributed by atoms with Crippen LogP contribution in [0.4, 0.5) is 0 Å². The molecule has 0 radical (unpaired) electrons. The maximum absolute atomic E-state index is 5.71. The fourth-order valence-electron chi connectivity index (χ4n) is 2.13. The number of aromatic nitrogens is 2. The molecule has 1 aromatic carbocycles. The Kier molecular flexibility index (Phi) is 4.23. The van der Waals surface area contributed by atoms with Gasteiger partial charge in [-0.25, -0.2) is 4.98 Å². The molecule has 1 atom stereocenters. The van der Waals surface area contributed by atoms with Crippen molar-refractivity contribution in [1.82, 2.24) is 14.8 Å². The van der Waals surface area contributed by atoms with E-state index in [1.54, 1.807) is 11.3 Å². The molecule has 104 valence electrons. The van der Waals surface area contributed by atoms with Crippen molar-refractivity contribution in [3.63, 3.8) is 0 Å². The molecule has 0 saturated heterocycles. The van der Waals surface area contributed by atoms with Gasteiger partial charge in [-0.05, 0) is 17.7 Å². The van der Waals surface area contributed by atoms with Gasteiger partial charge < -0.3 is 0 Å². The highest BCUT2D eigenvalue weighted by molar-refractivity contribution is 9.11. The Morgan fingerprint density at radius 3 is 2.95 bits per heavy atom. The van der Waals surface area contributed by atoms with E-state index in [4.69, 9.17) is 5.84 Å². The van der Waals surface area contributed by atoms with E-state index in [0.717, 1.165) is 31.6 Å². The highest BCUT2D eigenvalue weighted by atomic mass is 79.9. The van der Waals surface area contributed by atoms with Gasteiger partial charge in [0.05, 0.1) is 11.7 Å². The van der Waals surface area contributed by atoms with E-state index < -0.39 is 0 Å². The predicted molar refractivity (Wildman–Crippen MR) is 88.7 cm³/mol. The predicted octanol–water partition coefficient (Wildman–Crippen LogP) is 3.67. The van der Waals surface area contributed by atoms with Crippen LogP contribution in [0.3, 0.4) is 0 Å². The van der Waals surface area contributed by atoms with Crippen LogP contribution in [-0.4, -0.2) is 9.38 Å². The van der Waals surface area contributed by atoms with Gasteiger partial charge in [0.15, 0.2) is 4.96 Å². The number of nitrogens with zero attached hydrogens (tertiary/aromatic N) is 2. The summed E-state index contributed by atoms with van der Waals surface area (Å²) < 4.78 is 4.09. The molecule has 0 aliphatic heterocycles. The molecule has 7 heteroatoms. The summed E-state index contributed by atoms with van der Waals surface area (Å²) in [4.78, 5) is 5.60. The highest BCUT2D eigenvalue weighted by Crippen LogP contribution is 2.28. The lowest BCUT2D eigenvalue weighted by atomic mass is 10.0. The zero-order valence-electron chi connectivity index (χ0n) is 10.4. The molecule has 3 aromatic rings. The van der Waals surface area contributed by atoms with Gasteiger partial charge in [-0.1, -0.05) is 37.9 Å². The number of imidazole rings is 1. The monoisotopic (exact) mass is 414 g/mol. The molecule has 0 aliphatic carbocycles. The average Bonchev–Trinajstić information content (AvgIpc) is 2.97. The van der Waals surface area contributed by atoms with E-state index >= 15 is 0 Å². The maximum Gasteiger partial charge on any atom is 0.193 e. The van der Waals surface area contributed by atoms with Crippen LogP contribution in [0, 0.1) is 0 Å². The van der Waals surface area contributed by atoms with E-state index in [-0.39, 0.29) is 6.04 Å². The number of nitrogens with one attached hydrogen (secondary N) is 1. The van der Waals surface area contributed by atoms with E-state index in [9.17, 15) is 0 Å². The number of nitrogens with two attached hydrogens (primary N) is 1. The van der Waals surface area contributed by atoms with Crippen molar-refractivity contribution in [2.75, 3.05) is 0 Å². The van der Waals surface area contributed by atoms with E-state index in [0.29, 0.717) is 0 Å². The number of benzene rings is 1. The molecule has 0 bridgehead atoms. The fourth-order valence-corrected chi connectivity index (χ4v) is 4.17. The molecule has 2 heterocycles. The number of rotatable bonds is 4. The second-order valence-corrected chi connectivity index (χ2v) is 7.06. The highest BCUT2D eigenvalue weighted by Gasteiger charge is 2.16. The molecule has 2 aromatic heterocycles. The van der Waals surface area contributed by atoms with Crippen LogP contribution in [0.2, 0.25) is 0 Å². The van der Waals surface area contributed by atoms with Crippen molar-refractivity contribution in [2.45, 2.75) is 12.5 Å². The molecule has 0 spiro atoms. The minimum atomic E-state index is 0.0158. The van der Waals surface area contributed by atoms with Crippen LogP contribution in [0.1, 0.15) is 17.3 Å². The van der Waals surface area contributed by atoms with Gasteiger partial charge in [-0.2, -0.15) is 0 Å². The summed E-state index contributed by atoms with van der Waals surface area (Å²) in [5.41, 5.74) is 5.01. The van der Waals surface area contributed by atoms with Gasteiger partial charge in [0.2, 0.25) is 0 Å². The number of hydrogen-bond donors (Lipinski definition) is 2. The molecule has 1 unspecified atom stereocenters. The van der Waals surface area contributed by atoms with Gasteiger partial charge >= 0.3 is 0 Å². The lowest BCUT2D eigenvalue weighted by Gasteiger charge is -2.17. The van der Waals surface area contributed by atoms with Crippen LogP contribution in [-0.2, 0) is 6.42 Å². The van der Waals surface area contributed by atoms with E-state index in [1.165, 1.54) is 0 Å². The summed E-state index contributed by atoms with van der Waals surface area (Å²) in [7, 11) is 0. The van der Waals surface area contributed by atoms with Crippen molar-refractivity contribution in [3.8, 4) is 0 Å². The van der Waals surface area contributed by atoms with Crippen LogP contribution < -0.4 is 11.3 Å². The smallest absolute Gasteiger partial charge is 0.193 e. The molecule has 3 N–H and O–H groups in total. The third-order valence-corrected chi connectivity index (χ3v) is 5.05. The van der Waals surface area contributed by atoms with Crippen molar-refractivity contribution < 1.29 is 0 Å². The van der Waals surface area contributed by atoms with Crippen molar-refractivity contribution in [3.05, 3.63) is 56.2 Å². The Morgan fingerprint density at radius 2 is 2.25 bits per heavy atom. The summed E-state index contributed by atoms with van der Waals surface area (Å²) in [6, 6.07) is 6.10. The average molecular weight is 416 g/mol. The number of hydrogen-bond acceptors (Lipinski definition) is 4. The van der Waals surface area contributed by atoms with Crippen LogP contribution in [0.25, 0.3) is 4.96 Å². The maximum atomic E-state index is 5.71. The summed E-state index contributed by atoms with van der Waals surface area (Å²) in [6.45, 7) is 0. The molecule has 0 amide bonds.